The SMILES string of the molecule is CC(C)(C)OC(=O)C1=C(O)C(=O)N(c2ccccc2)C1. The Balaban J connectivity index is 2.21. The molecule has 1 aliphatic rings. The van der Waals surface area contributed by atoms with Crippen LogP contribution in [-0.4, -0.2) is 29.1 Å². The third kappa shape index (κ3) is 2.82. The van der Waals surface area contributed by atoms with Gasteiger partial charge in [0.25, 0.3) is 5.91 Å². The first-order valence-corrected chi connectivity index (χ1v) is 6.32. The summed E-state index contributed by atoms with van der Waals surface area (Å²) in [5.41, 5.74) is -0.0514. The number of amides is 1. The Morgan fingerprint density at radius 1 is 1.25 bits per heavy atom. The lowest BCUT2D eigenvalue weighted by molar-refractivity contribution is -0.150. The summed E-state index contributed by atoms with van der Waals surface area (Å²) in [5.74, 6) is -1.79. The fourth-order valence-corrected chi connectivity index (χ4v) is 1.88. The number of carbonyl (C=O) groups is 2. The fraction of sp³-hybridized carbons (Fsp3) is 0.333. The lowest BCUT2D eigenvalue weighted by Crippen LogP contribution is -2.29. The number of para-hydroxylation sites is 1. The maximum atomic E-state index is 12.0. The molecule has 0 saturated carbocycles. The Kier molecular flexibility index (Phi) is 3.53. The molecule has 0 atom stereocenters. The van der Waals surface area contributed by atoms with Gasteiger partial charge in [-0.2, -0.15) is 0 Å². The molecule has 1 aliphatic heterocycles. The first-order valence-electron chi connectivity index (χ1n) is 6.32. The van der Waals surface area contributed by atoms with E-state index in [1.807, 2.05) is 6.07 Å². The van der Waals surface area contributed by atoms with E-state index < -0.39 is 23.2 Å². The van der Waals surface area contributed by atoms with Crippen molar-refractivity contribution >= 4 is 17.6 Å². The summed E-state index contributed by atoms with van der Waals surface area (Å²) in [6.07, 6.45) is 0. The molecule has 0 spiro atoms. The van der Waals surface area contributed by atoms with Gasteiger partial charge < -0.3 is 14.7 Å². The van der Waals surface area contributed by atoms with Crippen LogP contribution in [0.15, 0.2) is 41.7 Å². The van der Waals surface area contributed by atoms with Crippen LogP contribution < -0.4 is 4.90 Å². The van der Waals surface area contributed by atoms with Crippen molar-refractivity contribution in [2.75, 3.05) is 11.4 Å². The molecule has 2 rings (SSSR count). The quantitative estimate of drug-likeness (QED) is 0.840. The predicted octanol–water partition coefficient (Wildman–Crippen LogP) is 2.19. The number of nitrogens with zero attached hydrogens (tertiary/aromatic N) is 1. The fourth-order valence-electron chi connectivity index (χ4n) is 1.88. The second-order valence-corrected chi connectivity index (χ2v) is 5.56. The van der Waals surface area contributed by atoms with E-state index in [1.165, 1.54) is 4.90 Å². The maximum Gasteiger partial charge on any atom is 0.340 e. The summed E-state index contributed by atoms with van der Waals surface area (Å²) in [6.45, 7) is 5.21. The Bertz CT molecular complexity index is 569. The molecule has 20 heavy (non-hydrogen) atoms. The van der Waals surface area contributed by atoms with Crippen molar-refractivity contribution in [3.05, 3.63) is 41.7 Å². The smallest absolute Gasteiger partial charge is 0.340 e. The van der Waals surface area contributed by atoms with E-state index in [-0.39, 0.29) is 12.1 Å². The second kappa shape index (κ2) is 5.00. The Morgan fingerprint density at radius 2 is 1.85 bits per heavy atom. The second-order valence-electron chi connectivity index (χ2n) is 5.56. The number of aliphatic hydroxyl groups excluding tert-OH is 1. The van der Waals surface area contributed by atoms with E-state index in [0.29, 0.717) is 5.69 Å². The molecule has 0 saturated heterocycles. The number of carbonyl (C=O) groups excluding carboxylic acids is 2. The average Bonchev–Trinajstić information content (AvgIpc) is 2.66. The van der Waals surface area contributed by atoms with Gasteiger partial charge in [-0.1, -0.05) is 18.2 Å². The van der Waals surface area contributed by atoms with Crippen molar-refractivity contribution in [3.63, 3.8) is 0 Å². The molecule has 0 fully saturated rings. The number of hydrogen-bond acceptors (Lipinski definition) is 4. The zero-order valence-electron chi connectivity index (χ0n) is 11.7. The predicted molar refractivity (Wildman–Crippen MR) is 74.3 cm³/mol. The van der Waals surface area contributed by atoms with Crippen LogP contribution in [0.25, 0.3) is 0 Å². The molecule has 1 N–H and O–H groups in total. The van der Waals surface area contributed by atoms with Crippen LogP contribution in [0.5, 0.6) is 0 Å². The van der Waals surface area contributed by atoms with Crippen LogP contribution in [0.4, 0.5) is 5.69 Å². The van der Waals surface area contributed by atoms with Gasteiger partial charge in [0.1, 0.15) is 11.2 Å². The molecule has 1 aromatic carbocycles. The Morgan fingerprint density at radius 3 is 2.40 bits per heavy atom. The van der Waals surface area contributed by atoms with E-state index in [2.05, 4.69) is 0 Å². The van der Waals surface area contributed by atoms with Crippen molar-refractivity contribution in [1.82, 2.24) is 0 Å². The van der Waals surface area contributed by atoms with Gasteiger partial charge in [0.05, 0.1) is 6.54 Å². The van der Waals surface area contributed by atoms with Crippen LogP contribution in [0.3, 0.4) is 0 Å². The standard InChI is InChI=1S/C15H17NO4/c1-15(2,3)20-14(19)11-9-16(13(18)12(11)17)10-7-5-4-6-8-10/h4-8,17H,9H2,1-3H3. The van der Waals surface area contributed by atoms with Gasteiger partial charge in [-0.05, 0) is 32.9 Å². The lowest BCUT2D eigenvalue weighted by atomic mass is 10.2. The number of aliphatic hydroxyl groups is 1. The molecular formula is C15H17NO4. The topological polar surface area (TPSA) is 66.8 Å². The molecule has 0 radical (unpaired) electrons. The number of esters is 1. The number of rotatable bonds is 2. The normalized spacial score (nSPS) is 15.8. The van der Waals surface area contributed by atoms with E-state index >= 15 is 0 Å². The van der Waals surface area contributed by atoms with E-state index in [0.717, 1.165) is 0 Å². The van der Waals surface area contributed by atoms with Crippen molar-refractivity contribution in [2.24, 2.45) is 0 Å². The molecule has 5 heteroatoms. The van der Waals surface area contributed by atoms with Gasteiger partial charge in [-0.3, -0.25) is 4.79 Å². The van der Waals surface area contributed by atoms with Crippen LogP contribution in [0.1, 0.15) is 20.8 Å². The first kappa shape index (κ1) is 14.1. The minimum Gasteiger partial charge on any atom is -0.503 e. The monoisotopic (exact) mass is 275 g/mol. The summed E-state index contributed by atoms with van der Waals surface area (Å²) in [4.78, 5) is 25.3. The summed E-state index contributed by atoms with van der Waals surface area (Å²) in [6, 6.07) is 8.87. The van der Waals surface area contributed by atoms with Crippen molar-refractivity contribution in [2.45, 2.75) is 26.4 Å². The number of hydrogen-bond donors (Lipinski definition) is 1. The highest BCUT2D eigenvalue weighted by Gasteiger charge is 2.36. The first-order chi connectivity index (χ1) is 9.29. The van der Waals surface area contributed by atoms with E-state index in [1.54, 1.807) is 45.0 Å². The van der Waals surface area contributed by atoms with Crippen LogP contribution in [0.2, 0.25) is 0 Å². The zero-order valence-corrected chi connectivity index (χ0v) is 11.7. The molecular weight excluding hydrogens is 258 g/mol. The van der Waals surface area contributed by atoms with Gasteiger partial charge in [-0.25, -0.2) is 4.79 Å². The van der Waals surface area contributed by atoms with Crippen LogP contribution in [-0.2, 0) is 14.3 Å². The van der Waals surface area contributed by atoms with Crippen molar-refractivity contribution < 1.29 is 19.4 Å². The Hall–Kier alpha value is -2.30. The molecule has 0 aliphatic carbocycles. The molecule has 0 bridgehead atoms. The minimum atomic E-state index is -0.673. The highest BCUT2D eigenvalue weighted by Crippen LogP contribution is 2.26. The number of anilines is 1. The van der Waals surface area contributed by atoms with Crippen LogP contribution in [0, 0.1) is 0 Å². The van der Waals surface area contributed by atoms with Crippen molar-refractivity contribution in [1.29, 1.82) is 0 Å². The molecule has 106 valence electrons. The summed E-state index contributed by atoms with van der Waals surface area (Å²) >= 11 is 0. The van der Waals surface area contributed by atoms with Crippen LogP contribution >= 0.6 is 0 Å². The summed E-state index contributed by atoms with van der Waals surface area (Å²) < 4.78 is 5.19. The molecule has 1 amide bonds. The van der Waals surface area contributed by atoms with Gasteiger partial charge in [-0.15, -0.1) is 0 Å². The average molecular weight is 275 g/mol. The third-order valence-corrected chi connectivity index (χ3v) is 2.76. The summed E-state index contributed by atoms with van der Waals surface area (Å²) in [7, 11) is 0. The van der Waals surface area contributed by atoms with Gasteiger partial charge >= 0.3 is 5.97 Å². The minimum absolute atomic E-state index is 0.00576. The highest BCUT2D eigenvalue weighted by atomic mass is 16.6. The van der Waals surface area contributed by atoms with E-state index in [9.17, 15) is 14.7 Å². The number of benzene rings is 1. The van der Waals surface area contributed by atoms with Gasteiger partial charge in [0, 0.05) is 5.69 Å². The van der Waals surface area contributed by atoms with Gasteiger partial charge in [0.2, 0.25) is 0 Å². The molecule has 0 aromatic heterocycles. The summed E-state index contributed by atoms with van der Waals surface area (Å²) in [5, 5.41) is 9.84. The largest absolute Gasteiger partial charge is 0.503 e. The molecule has 1 aromatic rings. The van der Waals surface area contributed by atoms with Gasteiger partial charge in [0.15, 0.2) is 5.76 Å². The third-order valence-electron chi connectivity index (χ3n) is 2.76. The number of ether oxygens (including phenoxy) is 1. The zero-order chi connectivity index (χ0) is 14.9. The lowest BCUT2D eigenvalue weighted by Gasteiger charge is -2.20. The maximum absolute atomic E-state index is 12.0. The molecule has 5 nitrogen and oxygen atoms in total. The highest BCUT2D eigenvalue weighted by molar-refractivity contribution is 6.13. The van der Waals surface area contributed by atoms with Crippen molar-refractivity contribution in [3.8, 4) is 0 Å². The Labute approximate surface area is 117 Å². The molecule has 1 heterocycles. The molecule has 0 unspecified atom stereocenters. The van der Waals surface area contributed by atoms with E-state index in [4.69, 9.17) is 4.74 Å².